The monoisotopic (exact) mass is 359 g/mol. The van der Waals surface area contributed by atoms with E-state index in [2.05, 4.69) is 37.4 Å². The van der Waals surface area contributed by atoms with Crippen molar-refractivity contribution >= 4 is 18.2 Å². The second kappa shape index (κ2) is 8.54. The third-order valence-electron chi connectivity index (χ3n) is 4.91. The van der Waals surface area contributed by atoms with E-state index >= 15 is 0 Å². The molecular formula is C24H25NO2. The van der Waals surface area contributed by atoms with Crippen molar-refractivity contribution in [2.75, 3.05) is 6.54 Å². The second-order valence-electron chi connectivity index (χ2n) is 6.73. The number of carbonyl (C=O) groups excluding carboxylic acids is 1. The summed E-state index contributed by atoms with van der Waals surface area (Å²) in [6, 6.07) is 17.4. The lowest BCUT2D eigenvalue weighted by Gasteiger charge is -2.33. The minimum absolute atomic E-state index is 0.281. The molecule has 3 rings (SSSR count). The van der Waals surface area contributed by atoms with E-state index in [1.54, 1.807) is 17.0 Å². The van der Waals surface area contributed by atoms with Crippen LogP contribution in [0.3, 0.4) is 0 Å². The largest absolute Gasteiger partial charge is 0.419 e. The van der Waals surface area contributed by atoms with Gasteiger partial charge in [-0.15, -0.1) is 0 Å². The Balaban J connectivity index is 1.67. The Morgan fingerprint density at radius 2 is 1.78 bits per heavy atom. The number of amides is 1. The molecule has 1 atom stereocenters. The molecule has 0 N–H and O–H groups in total. The van der Waals surface area contributed by atoms with Gasteiger partial charge in [0, 0.05) is 12.2 Å². The predicted molar refractivity (Wildman–Crippen MR) is 110 cm³/mol. The maximum absolute atomic E-state index is 12.4. The Morgan fingerprint density at radius 3 is 2.44 bits per heavy atom. The van der Waals surface area contributed by atoms with Crippen molar-refractivity contribution in [3.8, 4) is 5.75 Å². The zero-order valence-electron chi connectivity index (χ0n) is 15.7. The number of rotatable bonds is 3. The Bertz CT molecular complexity index is 959. The minimum Gasteiger partial charge on any atom is -0.410 e. The SMILES string of the molecule is C=C(/C=c1/cccc/c1=C/C)[C@H]1CCN(C(=O)Oc2ccccc2)C(=C)C1. The fraction of sp³-hybridized carbons (Fsp3) is 0.208. The highest BCUT2D eigenvalue weighted by Crippen LogP contribution is 2.30. The van der Waals surface area contributed by atoms with E-state index < -0.39 is 0 Å². The number of allylic oxidation sites excluding steroid dienone is 2. The number of likely N-dealkylation sites (tertiary alicyclic amines) is 1. The van der Waals surface area contributed by atoms with Gasteiger partial charge in [-0.05, 0) is 48.3 Å². The molecule has 0 radical (unpaired) electrons. The molecule has 0 aliphatic carbocycles. The van der Waals surface area contributed by atoms with Crippen molar-refractivity contribution in [3.63, 3.8) is 0 Å². The van der Waals surface area contributed by atoms with Crippen LogP contribution in [0.5, 0.6) is 5.75 Å². The number of nitrogens with zero attached hydrogens (tertiary/aromatic N) is 1. The molecule has 0 bridgehead atoms. The third-order valence-corrected chi connectivity index (χ3v) is 4.91. The fourth-order valence-corrected chi connectivity index (χ4v) is 3.34. The number of hydrogen-bond donors (Lipinski definition) is 0. The van der Waals surface area contributed by atoms with Crippen LogP contribution in [0, 0.1) is 5.92 Å². The Hall–Kier alpha value is -3.07. The smallest absolute Gasteiger partial charge is 0.410 e. The first-order chi connectivity index (χ1) is 13.1. The normalized spacial score (nSPS) is 18.5. The maximum Gasteiger partial charge on any atom is 0.419 e. The lowest BCUT2D eigenvalue weighted by molar-refractivity contribution is 0.154. The first-order valence-corrected chi connectivity index (χ1v) is 9.22. The molecule has 0 unspecified atom stereocenters. The van der Waals surface area contributed by atoms with Crippen molar-refractivity contribution in [2.24, 2.45) is 5.92 Å². The molecule has 1 aliphatic heterocycles. The van der Waals surface area contributed by atoms with Gasteiger partial charge >= 0.3 is 6.09 Å². The number of para-hydroxylation sites is 1. The average molecular weight is 359 g/mol. The standard InChI is InChI=1S/C24H25NO2/c1-4-20-10-8-9-11-22(20)16-18(2)21-14-15-25(19(3)17-21)24(26)27-23-12-6-5-7-13-23/h4-13,16,21H,2-3,14-15,17H2,1H3/b20-4-,22-16-/t21-/m0/s1. The van der Waals surface area contributed by atoms with Crippen LogP contribution in [0.4, 0.5) is 4.79 Å². The molecule has 3 nitrogen and oxygen atoms in total. The molecule has 0 spiro atoms. The lowest BCUT2D eigenvalue weighted by atomic mass is 9.88. The van der Waals surface area contributed by atoms with Crippen molar-refractivity contribution < 1.29 is 9.53 Å². The molecular weight excluding hydrogens is 334 g/mol. The van der Waals surface area contributed by atoms with Gasteiger partial charge in [0.1, 0.15) is 5.75 Å². The highest BCUT2D eigenvalue weighted by Gasteiger charge is 2.28. The highest BCUT2D eigenvalue weighted by atomic mass is 16.6. The van der Waals surface area contributed by atoms with E-state index in [9.17, 15) is 4.79 Å². The van der Waals surface area contributed by atoms with Crippen LogP contribution in [0.25, 0.3) is 12.2 Å². The molecule has 2 aromatic rings. The van der Waals surface area contributed by atoms with Crippen molar-refractivity contribution in [1.82, 2.24) is 4.90 Å². The van der Waals surface area contributed by atoms with Gasteiger partial charge in [0.25, 0.3) is 0 Å². The molecule has 1 heterocycles. The molecule has 0 aromatic heterocycles. The number of hydrogen-bond acceptors (Lipinski definition) is 2. The number of benzene rings is 2. The van der Waals surface area contributed by atoms with E-state index in [1.165, 1.54) is 10.4 Å². The van der Waals surface area contributed by atoms with Gasteiger partial charge in [-0.25, -0.2) is 4.79 Å². The van der Waals surface area contributed by atoms with Gasteiger partial charge in [0.2, 0.25) is 0 Å². The molecule has 3 heteroatoms. The summed E-state index contributed by atoms with van der Waals surface area (Å²) in [5.41, 5.74) is 1.85. The lowest BCUT2D eigenvalue weighted by Crippen LogP contribution is -2.38. The predicted octanol–water partition coefficient (Wildman–Crippen LogP) is 4.25. The molecule has 1 fully saturated rings. The second-order valence-corrected chi connectivity index (χ2v) is 6.73. The van der Waals surface area contributed by atoms with E-state index in [0.29, 0.717) is 18.7 Å². The van der Waals surface area contributed by atoms with Crippen LogP contribution in [0.15, 0.2) is 79.0 Å². The van der Waals surface area contributed by atoms with E-state index in [0.717, 1.165) is 17.7 Å². The highest BCUT2D eigenvalue weighted by molar-refractivity contribution is 5.73. The molecule has 1 saturated heterocycles. The topological polar surface area (TPSA) is 29.5 Å². The van der Waals surface area contributed by atoms with Crippen molar-refractivity contribution in [2.45, 2.75) is 19.8 Å². The number of ether oxygens (including phenoxy) is 1. The van der Waals surface area contributed by atoms with Crippen LogP contribution in [-0.4, -0.2) is 17.5 Å². The molecule has 1 amide bonds. The molecule has 138 valence electrons. The Labute approximate surface area is 160 Å². The van der Waals surface area contributed by atoms with Crippen molar-refractivity contribution in [1.29, 1.82) is 0 Å². The molecule has 1 aliphatic rings. The quantitative estimate of drug-likeness (QED) is 0.820. The van der Waals surface area contributed by atoms with Gasteiger partial charge in [0.05, 0.1) is 0 Å². The van der Waals surface area contributed by atoms with Crippen LogP contribution in [0.2, 0.25) is 0 Å². The third kappa shape index (κ3) is 4.56. The summed E-state index contributed by atoms with van der Waals surface area (Å²) in [5.74, 6) is 0.825. The summed E-state index contributed by atoms with van der Waals surface area (Å²) in [7, 11) is 0. The number of piperidine rings is 1. The first-order valence-electron chi connectivity index (χ1n) is 9.22. The zero-order chi connectivity index (χ0) is 19.2. The van der Waals surface area contributed by atoms with Crippen LogP contribution in [-0.2, 0) is 0 Å². The van der Waals surface area contributed by atoms with E-state index in [1.807, 2.05) is 37.3 Å². The van der Waals surface area contributed by atoms with Gasteiger partial charge < -0.3 is 4.74 Å². The van der Waals surface area contributed by atoms with Crippen LogP contribution in [0.1, 0.15) is 19.8 Å². The molecule has 2 aromatic carbocycles. The number of carbonyl (C=O) groups is 1. The minimum atomic E-state index is -0.370. The summed E-state index contributed by atoms with van der Waals surface area (Å²) in [5, 5.41) is 2.36. The van der Waals surface area contributed by atoms with Crippen molar-refractivity contribution in [3.05, 3.63) is 89.5 Å². The van der Waals surface area contributed by atoms with Gasteiger partial charge in [0.15, 0.2) is 0 Å². The van der Waals surface area contributed by atoms with Crippen LogP contribution < -0.4 is 15.2 Å². The summed E-state index contributed by atoms with van der Waals surface area (Å²) >= 11 is 0. The van der Waals surface area contributed by atoms with E-state index in [4.69, 9.17) is 4.74 Å². The first kappa shape index (κ1) is 18.7. The Morgan fingerprint density at radius 1 is 1.11 bits per heavy atom. The van der Waals surface area contributed by atoms with Gasteiger partial charge in [-0.1, -0.05) is 73.3 Å². The van der Waals surface area contributed by atoms with Crippen LogP contribution >= 0.6 is 0 Å². The average Bonchev–Trinajstić information content (AvgIpc) is 2.69. The van der Waals surface area contributed by atoms with Gasteiger partial charge in [-0.3, -0.25) is 4.90 Å². The molecule has 0 saturated carbocycles. The fourth-order valence-electron chi connectivity index (χ4n) is 3.34. The Kier molecular flexibility index (Phi) is 5.92. The maximum atomic E-state index is 12.4. The summed E-state index contributed by atoms with van der Waals surface area (Å²) in [6.45, 7) is 11.0. The summed E-state index contributed by atoms with van der Waals surface area (Å²) < 4.78 is 5.44. The zero-order valence-corrected chi connectivity index (χ0v) is 15.7. The van der Waals surface area contributed by atoms with E-state index in [-0.39, 0.29) is 12.0 Å². The molecule has 27 heavy (non-hydrogen) atoms. The summed E-state index contributed by atoms with van der Waals surface area (Å²) in [4.78, 5) is 14.1. The summed E-state index contributed by atoms with van der Waals surface area (Å²) in [6.07, 6.45) is 5.42. The van der Waals surface area contributed by atoms with Gasteiger partial charge in [-0.2, -0.15) is 0 Å².